The lowest BCUT2D eigenvalue weighted by molar-refractivity contribution is -0.134. The molecule has 3 rings (SSSR count). The number of hydrogen-bond donors (Lipinski definition) is 0. The SMILES string of the molecule is CC(C)(C)c1nnc(N2CCC(CN3CCCCC3=O)CC2)s1. The van der Waals surface area contributed by atoms with Gasteiger partial charge in [-0.2, -0.15) is 0 Å². The summed E-state index contributed by atoms with van der Waals surface area (Å²) in [7, 11) is 0. The first-order chi connectivity index (χ1) is 10.9. The van der Waals surface area contributed by atoms with E-state index in [1.807, 2.05) is 0 Å². The maximum absolute atomic E-state index is 11.9. The molecule has 0 radical (unpaired) electrons. The Morgan fingerprint density at radius 2 is 1.87 bits per heavy atom. The van der Waals surface area contributed by atoms with Crippen molar-refractivity contribution in [3.05, 3.63) is 5.01 Å². The number of carbonyl (C=O) groups excluding carboxylic acids is 1. The fraction of sp³-hybridized carbons (Fsp3) is 0.824. The fourth-order valence-corrected chi connectivity index (χ4v) is 4.27. The van der Waals surface area contributed by atoms with Crippen molar-refractivity contribution in [2.45, 2.75) is 58.3 Å². The van der Waals surface area contributed by atoms with Crippen molar-refractivity contribution in [2.24, 2.45) is 5.92 Å². The van der Waals surface area contributed by atoms with Gasteiger partial charge in [-0.15, -0.1) is 10.2 Å². The van der Waals surface area contributed by atoms with Gasteiger partial charge in [0, 0.05) is 38.0 Å². The molecule has 0 aromatic carbocycles. The molecule has 0 N–H and O–H groups in total. The minimum absolute atomic E-state index is 0.0723. The molecular formula is C17H28N4OS. The number of amides is 1. The van der Waals surface area contributed by atoms with Gasteiger partial charge in [0.2, 0.25) is 11.0 Å². The molecule has 1 amide bonds. The Balaban J connectivity index is 1.52. The molecule has 0 unspecified atom stereocenters. The van der Waals surface area contributed by atoms with Crippen LogP contribution in [0.15, 0.2) is 0 Å². The molecule has 6 heteroatoms. The monoisotopic (exact) mass is 336 g/mol. The Hall–Kier alpha value is -1.17. The van der Waals surface area contributed by atoms with E-state index in [4.69, 9.17) is 0 Å². The Kier molecular flexibility index (Phi) is 4.90. The van der Waals surface area contributed by atoms with Gasteiger partial charge in [0.25, 0.3) is 0 Å². The van der Waals surface area contributed by atoms with Gasteiger partial charge in [0.15, 0.2) is 0 Å². The Morgan fingerprint density at radius 1 is 1.13 bits per heavy atom. The number of hydrogen-bond acceptors (Lipinski definition) is 5. The Labute approximate surface area is 143 Å². The summed E-state index contributed by atoms with van der Waals surface area (Å²) < 4.78 is 0. The summed E-state index contributed by atoms with van der Waals surface area (Å²) in [5, 5.41) is 10.9. The molecule has 1 aromatic rings. The summed E-state index contributed by atoms with van der Waals surface area (Å²) in [5.74, 6) is 1.00. The van der Waals surface area contributed by atoms with E-state index in [-0.39, 0.29) is 5.41 Å². The van der Waals surface area contributed by atoms with Crippen molar-refractivity contribution < 1.29 is 4.79 Å². The van der Waals surface area contributed by atoms with Crippen LogP contribution in [-0.4, -0.2) is 47.2 Å². The quantitative estimate of drug-likeness (QED) is 0.851. The molecule has 2 aliphatic rings. The molecular weight excluding hydrogens is 308 g/mol. The molecule has 0 atom stereocenters. The van der Waals surface area contributed by atoms with Crippen LogP contribution in [0.5, 0.6) is 0 Å². The highest BCUT2D eigenvalue weighted by molar-refractivity contribution is 7.15. The lowest BCUT2D eigenvalue weighted by Gasteiger charge is -2.35. The van der Waals surface area contributed by atoms with Gasteiger partial charge in [-0.25, -0.2) is 0 Å². The van der Waals surface area contributed by atoms with E-state index < -0.39 is 0 Å². The molecule has 5 nitrogen and oxygen atoms in total. The molecule has 2 aliphatic heterocycles. The van der Waals surface area contributed by atoms with E-state index in [1.54, 1.807) is 11.3 Å². The fourth-order valence-electron chi connectivity index (χ4n) is 3.32. The minimum Gasteiger partial charge on any atom is -0.347 e. The van der Waals surface area contributed by atoms with Gasteiger partial charge in [0.1, 0.15) is 5.01 Å². The van der Waals surface area contributed by atoms with Crippen molar-refractivity contribution >= 4 is 22.4 Å². The van der Waals surface area contributed by atoms with Crippen LogP contribution in [0.3, 0.4) is 0 Å². The van der Waals surface area contributed by atoms with Crippen molar-refractivity contribution in [3.8, 4) is 0 Å². The second-order valence-corrected chi connectivity index (χ2v) is 8.82. The number of anilines is 1. The van der Waals surface area contributed by atoms with Crippen LogP contribution in [0.4, 0.5) is 5.13 Å². The van der Waals surface area contributed by atoms with Crippen LogP contribution >= 0.6 is 11.3 Å². The van der Waals surface area contributed by atoms with Crippen LogP contribution in [0, 0.1) is 5.92 Å². The highest BCUT2D eigenvalue weighted by Gasteiger charge is 2.27. The van der Waals surface area contributed by atoms with Gasteiger partial charge < -0.3 is 9.80 Å². The first-order valence-electron chi connectivity index (χ1n) is 8.80. The van der Waals surface area contributed by atoms with E-state index in [0.29, 0.717) is 11.8 Å². The highest BCUT2D eigenvalue weighted by atomic mass is 32.1. The zero-order valence-corrected chi connectivity index (χ0v) is 15.4. The predicted molar refractivity (Wildman–Crippen MR) is 94.0 cm³/mol. The summed E-state index contributed by atoms with van der Waals surface area (Å²) in [5.41, 5.74) is 0.0723. The van der Waals surface area contributed by atoms with Crippen molar-refractivity contribution in [3.63, 3.8) is 0 Å². The average Bonchev–Trinajstić information content (AvgIpc) is 3.00. The first-order valence-corrected chi connectivity index (χ1v) is 9.62. The largest absolute Gasteiger partial charge is 0.347 e. The molecule has 0 spiro atoms. The molecule has 1 aromatic heterocycles. The number of likely N-dealkylation sites (tertiary alicyclic amines) is 1. The maximum Gasteiger partial charge on any atom is 0.222 e. The summed E-state index contributed by atoms with van der Waals surface area (Å²) >= 11 is 1.72. The van der Waals surface area contributed by atoms with E-state index in [0.717, 1.165) is 62.0 Å². The molecule has 3 heterocycles. The van der Waals surface area contributed by atoms with Gasteiger partial charge in [-0.1, -0.05) is 32.1 Å². The smallest absolute Gasteiger partial charge is 0.222 e. The first kappa shape index (κ1) is 16.7. The maximum atomic E-state index is 11.9. The number of aromatic nitrogens is 2. The Morgan fingerprint density at radius 3 is 2.48 bits per heavy atom. The zero-order chi connectivity index (χ0) is 16.4. The van der Waals surface area contributed by atoms with Crippen molar-refractivity contribution in [1.29, 1.82) is 0 Å². The number of nitrogens with zero attached hydrogens (tertiary/aromatic N) is 4. The molecule has 2 saturated heterocycles. The second kappa shape index (κ2) is 6.75. The molecule has 2 fully saturated rings. The molecule has 23 heavy (non-hydrogen) atoms. The average molecular weight is 337 g/mol. The third kappa shape index (κ3) is 4.03. The second-order valence-electron chi connectivity index (χ2n) is 7.87. The number of carbonyl (C=O) groups is 1. The third-order valence-corrected chi connectivity index (χ3v) is 6.25. The lowest BCUT2D eigenvalue weighted by Crippen LogP contribution is -2.42. The van der Waals surface area contributed by atoms with E-state index in [2.05, 4.69) is 40.8 Å². The zero-order valence-electron chi connectivity index (χ0n) is 14.5. The van der Waals surface area contributed by atoms with Crippen molar-refractivity contribution in [1.82, 2.24) is 15.1 Å². The summed E-state index contributed by atoms with van der Waals surface area (Å²) in [6, 6.07) is 0. The summed E-state index contributed by atoms with van der Waals surface area (Å²) in [6.07, 6.45) is 5.29. The van der Waals surface area contributed by atoms with Gasteiger partial charge in [0.05, 0.1) is 0 Å². The van der Waals surface area contributed by atoms with Gasteiger partial charge in [-0.05, 0) is 31.6 Å². The minimum atomic E-state index is 0.0723. The molecule has 128 valence electrons. The topological polar surface area (TPSA) is 49.3 Å². The number of rotatable bonds is 3. The molecule has 0 saturated carbocycles. The van der Waals surface area contributed by atoms with Gasteiger partial charge in [-0.3, -0.25) is 4.79 Å². The normalized spacial score (nSPS) is 21.1. The van der Waals surface area contributed by atoms with E-state index in [1.165, 1.54) is 6.42 Å². The number of piperidine rings is 2. The van der Waals surface area contributed by atoms with Crippen LogP contribution in [0.1, 0.15) is 57.9 Å². The van der Waals surface area contributed by atoms with Crippen LogP contribution in [0.2, 0.25) is 0 Å². The summed E-state index contributed by atoms with van der Waals surface area (Å²) in [6.45, 7) is 10.5. The Bertz CT molecular complexity index is 543. The van der Waals surface area contributed by atoms with E-state index in [9.17, 15) is 4.79 Å². The van der Waals surface area contributed by atoms with Crippen LogP contribution in [0.25, 0.3) is 0 Å². The molecule has 0 aliphatic carbocycles. The molecule has 0 bridgehead atoms. The van der Waals surface area contributed by atoms with E-state index >= 15 is 0 Å². The summed E-state index contributed by atoms with van der Waals surface area (Å²) in [4.78, 5) is 16.4. The van der Waals surface area contributed by atoms with Gasteiger partial charge >= 0.3 is 0 Å². The lowest BCUT2D eigenvalue weighted by atomic mass is 9.95. The van der Waals surface area contributed by atoms with Crippen molar-refractivity contribution in [2.75, 3.05) is 31.1 Å². The highest BCUT2D eigenvalue weighted by Crippen LogP contribution is 2.32. The van der Waals surface area contributed by atoms with Crippen LogP contribution in [-0.2, 0) is 10.2 Å². The third-order valence-electron chi connectivity index (χ3n) is 4.84. The predicted octanol–water partition coefficient (Wildman–Crippen LogP) is 3.06. The standard InChI is InChI=1S/C17H28N4OS/c1-17(2,3)15-18-19-16(23-15)20-10-7-13(8-11-20)12-21-9-5-4-6-14(21)22/h13H,4-12H2,1-3H3. The van der Waals surface area contributed by atoms with Crippen LogP contribution < -0.4 is 4.90 Å².